The second-order valence-electron chi connectivity index (χ2n) is 5.75. The zero-order valence-electron chi connectivity index (χ0n) is 11.8. The lowest BCUT2D eigenvalue weighted by molar-refractivity contribution is -0.112. The lowest BCUT2D eigenvalue weighted by Gasteiger charge is -2.11. The van der Waals surface area contributed by atoms with Crippen LogP contribution in [-0.2, 0) is 4.79 Å². The summed E-state index contributed by atoms with van der Waals surface area (Å²) in [6.45, 7) is 0. The van der Waals surface area contributed by atoms with Crippen LogP contribution >= 0.6 is 0 Å². The van der Waals surface area contributed by atoms with Crippen molar-refractivity contribution in [3.63, 3.8) is 0 Å². The summed E-state index contributed by atoms with van der Waals surface area (Å²) in [5, 5.41) is 2.19. The number of benzene rings is 2. The maximum Gasteiger partial charge on any atom is 0.182 e. The highest BCUT2D eigenvalue weighted by molar-refractivity contribution is 6.60. The average molecular weight is 284 g/mol. The fourth-order valence-electron chi connectivity index (χ4n) is 3.39. The van der Waals surface area contributed by atoms with Gasteiger partial charge in [-0.1, -0.05) is 24.3 Å². The first-order valence-corrected chi connectivity index (χ1v) is 7.46. The van der Waals surface area contributed by atoms with Crippen LogP contribution in [0.5, 0.6) is 0 Å². The molecule has 0 radical (unpaired) electrons. The summed E-state index contributed by atoms with van der Waals surface area (Å²) in [4.78, 5) is 21.4. The smallest absolute Gasteiger partial charge is 0.182 e. The van der Waals surface area contributed by atoms with Crippen LogP contribution < -0.4 is 0 Å². The number of aromatic nitrogens is 1. The van der Waals surface area contributed by atoms with E-state index >= 15 is 0 Å². The molecule has 0 saturated carbocycles. The molecule has 2 aliphatic rings. The molecule has 3 nitrogen and oxygen atoms in total. The van der Waals surface area contributed by atoms with E-state index in [0.29, 0.717) is 12.1 Å². The van der Waals surface area contributed by atoms with Crippen LogP contribution in [0.2, 0.25) is 0 Å². The molecule has 0 bridgehead atoms. The van der Waals surface area contributed by atoms with Crippen molar-refractivity contribution in [2.45, 2.75) is 12.8 Å². The Morgan fingerprint density at radius 2 is 1.91 bits per heavy atom. The highest BCUT2D eigenvalue weighted by Gasteiger charge is 2.29. The predicted molar refractivity (Wildman–Crippen MR) is 88.6 cm³/mol. The van der Waals surface area contributed by atoms with Gasteiger partial charge in [0.1, 0.15) is 5.71 Å². The molecule has 0 fully saturated rings. The summed E-state index contributed by atoms with van der Waals surface area (Å²) in [6.07, 6.45) is 3.50. The maximum absolute atomic E-state index is 12.1. The molecule has 1 aliphatic heterocycles. The molecule has 0 amide bonds. The third kappa shape index (κ3) is 1.48. The van der Waals surface area contributed by atoms with Gasteiger partial charge < -0.3 is 0 Å². The zero-order chi connectivity index (χ0) is 14.7. The van der Waals surface area contributed by atoms with E-state index in [4.69, 9.17) is 4.98 Å². The summed E-state index contributed by atoms with van der Waals surface area (Å²) in [5.74, 6) is 0.149. The zero-order valence-corrected chi connectivity index (χ0v) is 11.8. The summed E-state index contributed by atoms with van der Waals surface area (Å²) < 4.78 is 0. The van der Waals surface area contributed by atoms with Crippen molar-refractivity contribution in [2.24, 2.45) is 4.99 Å². The summed E-state index contributed by atoms with van der Waals surface area (Å²) in [7, 11) is 0. The number of para-hydroxylation sites is 1. The largest absolute Gasteiger partial charge is 0.292 e. The fourth-order valence-corrected chi connectivity index (χ4v) is 3.39. The first kappa shape index (κ1) is 11.8. The molecule has 3 aromatic rings. The van der Waals surface area contributed by atoms with Crippen LogP contribution in [-0.4, -0.2) is 16.5 Å². The van der Waals surface area contributed by atoms with Gasteiger partial charge in [0, 0.05) is 28.3 Å². The van der Waals surface area contributed by atoms with Gasteiger partial charge in [0.2, 0.25) is 0 Å². The average Bonchev–Trinajstić information content (AvgIpc) is 2.93. The molecule has 104 valence electrons. The van der Waals surface area contributed by atoms with Gasteiger partial charge in [-0.2, -0.15) is 0 Å². The Balaban J connectivity index is 1.89. The van der Waals surface area contributed by atoms with Crippen LogP contribution in [0, 0.1) is 0 Å². The van der Waals surface area contributed by atoms with Crippen LogP contribution in [0.4, 0.5) is 5.69 Å². The molecule has 0 atom stereocenters. The molecule has 0 saturated heterocycles. The van der Waals surface area contributed by atoms with Crippen molar-refractivity contribution in [1.82, 2.24) is 4.98 Å². The quantitative estimate of drug-likeness (QED) is 0.580. The molecule has 3 heteroatoms. The monoisotopic (exact) mass is 284 g/mol. The Morgan fingerprint density at radius 1 is 1.00 bits per heavy atom. The van der Waals surface area contributed by atoms with E-state index in [9.17, 15) is 4.79 Å². The molecule has 2 aromatic carbocycles. The van der Waals surface area contributed by atoms with E-state index in [-0.39, 0.29) is 5.78 Å². The predicted octanol–water partition coefficient (Wildman–Crippen LogP) is 4.22. The fraction of sp³-hybridized carbons (Fsp3) is 0.105. The SMILES string of the molecule is O=C1CCC=C2C1=Nc1ccc3nc4ccccc4cc3c12. The number of aliphatic imine (C=N–C) groups is 1. The normalized spacial score (nSPS) is 16.5. The van der Waals surface area contributed by atoms with Gasteiger partial charge in [0.05, 0.1) is 16.7 Å². The minimum absolute atomic E-state index is 0.149. The van der Waals surface area contributed by atoms with Crippen molar-refractivity contribution in [3.05, 3.63) is 54.1 Å². The number of rotatable bonds is 0. The van der Waals surface area contributed by atoms with E-state index in [0.717, 1.165) is 45.1 Å². The molecule has 0 N–H and O–H groups in total. The van der Waals surface area contributed by atoms with Gasteiger partial charge in [-0.15, -0.1) is 0 Å². The van der Waals surface area contributed by atoms with E-state index in [1.54, 1.807) is 0 Å². The van der Waals surface area contributed by atoms with Gasteiger partial charge in [-0.3, -0.25) is 4.79 Å². The third-order valence-corrected chi connectivity index (χ3v) is 4.42. The summed E-state index contributed by atoms with van der Waals surface area (Å²) in [6, 6.07) is 14.2. The van der Waals surface area contributed by atoms with Gasteiger partial charge >= 0.3 is 0 Å². The highest BCUT2D eigenvalue weighted by Crippen LogP contribution is 2.42. The van der Waals surface area contributed by atoms with E-state index < -0.39 is 0 Å². The Bertz CT molecular complexity index is 1040. The van der Waals surface area contributed by atoms with E-state index in [1.165, 1.54) is 0 Å². The van der Waals surface area contributed by atoms with Crippen molar-refractivity contribution in [2.75, 3.05) is 0 Å². The summed E-state index contributed by atoms with van der Waals surface area (Å²) in [5.41, 5.74) is 5.52. The number of Topliss-reactive ketones (excluding diaryl/α,β-unsaturated/α-hetero) is 1. The number of pyridine rings is 1. The molecule has 5 rings (SSSR count). The van der Waals surface area contributed by atoms with Gasteiger partial charge in [-0.05, 0) is 30.7 Å². The van der Waals surface area contributed by atoms with Crippen molar-refractivity contribution in [3.8, 4) is 0 Å². The number of allylic oxidation sites excluding steroid dienone is 2. The Morgan fingerprint density at radius 3 is 2.86 bits per heavy atom. The summed E-state index contributed by atoms with van der Waals surface area (Å²) >= 11 is 0. The number of carbonyl (C=O) groups excluding carboxylic acids is 1. The second-order valence-corrected chi connectivity index (χ2v) is 5.75. The van der Waals surface area contributed by atoms with Crippen molar-refractivity contribution in [1.29, 1.82) is 0 Å². The van der Waals surface area contributed by atoms with Crippen molar-refractivity contribution >= 4 is 44.6 Å². The number of ketones is 1. The van der Waals surface area contributed by atoms with Crippen LogP contribution in [0.3, 0.4) is 0 Å². The lowest BCUT2D eigenvalue weighted by Crippen LogP contribution is -2.16. The molecule has 0 unspecified atom stereocenters. The number of nitrogens with zero attached hydrogens (tertiary/aromatic N) is 2. The van der Waals surface area contributed by atoms with Crippen LogP contribution in [0.15, 0.2) is 53.5 Å². The maximum atomic E-state index is 12.1. The van der Waals surface area contributed by atoms with Gasteiger partial charge in [0.15, 0.2) is 5.78 Å². The second kappa shape index (κ2) is 4.10. The Kier molecular flexibility index (Phi) is 2.20. The van der Waals surface area contributed by atoms with E-state index in [1.807, 2.05) is 30.3 Å². The van der Waals surface area contributed by atoms with Crippen LogP contribution in [0.1, 0.15) is 18.4 Å². The number of fused-ring (bicyclic) bond motifs is 6. The first-order chi connectivity index (χ1) is 10.8. The Labute approximate surface area is 127 Å². The van der Waals surface area contributed by atoms with Gasteiger partial charge in [0.25, 0.3) is 0 Å². The molecular weight excluding hydrogens is 272 g/mol. The first-order valence-electron chi connectivity index (χ1n) is 7.46. The molecule has 1 aliphatic carbocycles. The third-order valence-electron chi connectivity index (χ3n) is 4.42. The van der Waals surface area contributed by atoms with E-state index in [2.05, 4.69) is 23.2 Å². The molecule has 22 heavy (non-hydrogen) atoms. The minimum atomic E-state index is 0.149. The topological polar surface area (TPSA) is 42.3 Å². The lowest BCUT2D eigenvalue weighted by atomic mass is 9.90. The highest BCUT2D eigenvalue weighted by atomic mass is 16.1. The molecular formula is C19H12N2O. The van der Waals surface area contributed by atoms with Crippen molar-refractivity contribution < 1.29 is 4.79 Å². The molecule has 0 spiro atoms. The Hall–Kier alpha value is -2.81. The molecule has 2 heterocycles. The standard InChI is InChI=1S/C19H12N2O/c22-17-7-3-5-12-18-13-10-11-4-1-2-6-14(11)20-15(13)8-9-16(18)21-19(12)17/h1-2,4-6,8-10H,3,7H2. The number of carbonyl (C=O) groups is 1. The molecule has 1 aromatic heterocycles. The van der Waals surface area contributed by atoms with Gasteiger partial charge in [-0.25, -0.2) is 9.98 Å². The number of hydrogen-bond donors (Lipinski definition) is 0. The number of hydrogen-bond acceptors (Lipinski definition) is 3. The minimum Gasteiger partial charge on any atom is -0.292 e. The van der Waals surface area contributed by atoms with Crippen LogP contribution in [0.25, 0.3) is 27.4 Å².